The molecule has 0 aliphatic carbocycles. The number of aliphatic imine (C=N–C) groups is 1. The van der Waals surface area contributed by atoms with Gasteiger partial charge in [-0.15, -0.1) is 24.0 Å². The van der Waals surface area contributed by atoms with Crippen molar-refractivity contribution in [1.29, 1.82) is 0 Å². The van der Waals surface area contributed by atoms with E-state index in [-0.39, 0.29) is 24.0 Å². The Kier molecular flexibility index (Phi) is 11.9. The number of nitrogens with one attached hydrogen (secondary N) is 1. The molecule has 0 unspecified atom stereocenters. The van der Waals surface area contributed by atoms with Gasteiger partial charge in [0.2, 0.25) is 5.91 Å². The van der Waals surface area contributed by atoms with Crippen LogP contribution >= 0.6 is 24.0 Å². The lowest BCUT2D eigenvalue weighted by molar-refractivity contribution is -0.132. The number of amides is 1. The van der Waals surface area contributed by atoms with E-state index in [2.05, 4.69) is 37.2 Å². The van der Waals surface area contributed by atoms with Gasteiger partial charge in [-0.3, -0.25) is 14.7 Å². The van der Waals surface area contributed by atoms with Crippen LogP contribution in [0.4, 0.5) is 0 Å². The van der Waals surface area contributed by atoms with E-state index in [0.717, 1.165) is 71.0 Å². The highest BCUT2D eigenvalue weighted by Gasteiger charge is 2.23. The summed E-state index contributed by atoms with van der Waals surface area (Å²) < 4.78 is 0. The van der Waals surface area contributed by atoms with Crippen molar-refractivity contribution < 1.29 is 4.79 Å². The summed E-state index contributed by atoms with van der Waals surface area (Å²) in [6, 6.07) is 0. The number of carbonyl (C=O) groups is 1. The largest absolute Gasteiger partial charge is 0.356 e. The maximum atomic E-state index is 12.5. The molecule has 0 atom stereocenters. The first-order valence-electron chi connectivity index (χ1n) is 9.81. The van der Waals surface area contributed by atoms with Gasteiger partial charge < -0.3 is 15.1 Å². The number of rotatable bonds is 5. The molecule has 1 N–H and O–H groups in total. The number of allylic oxidation sites excluding steroid dienone is 1. The predicted octanol–water partition coefficient (Wildman–Crippen LogP) is 2.17. The van der Waals surface area contributed by atoms with E-state index in [1.807, 2.05) is 14.0 Å². The van der Waals surface area contributed by atoms with Crippen molar-refractivity contribution in [1.82, 2.24) is 20.0 Å². The predicted molar refractivity (Wildman–Crippen MR) is 119 cm³/mol. The Labute approximate surface area is 176 Å². The van der Waals surface area contributed by atoms with Gasteiger partial charge in [0.05, 0.1) is 6.54 Å². The van der Waals surface area contributed by atoms with Crippen molar-refractivity contribution in [3.8, 4) is 0 Å². The van der Waals surface area contributed by atoms with E-state index >= 15 is 0 Å². The Morgan fingerprint density at radius 3 is 2.23 bits per heavy atom. The first-order chi connectivity index (χ1) is 12.2. The van der Waals surface area contributed by atoms with E-state index in [9.17, 15) is 4.79 Å². The number of hydrogen-bond acceptors (Lipinski definition) is 3. The fourth-order valence-electron chi connectivity index (χ4n) is 3.50. The van der Waals surface area contributed by atoms with Crippen LogP contribution in [-0.2, 0) is 4.79 Å². The molecule has 6 nitrogen and oxygen atoms in total. The number of likely N-dealkylation sites (tertiary alicyclic amines) is 1. The Morgan fingerprint density at radius 2 is 1.65 bits per heavy atom. The lowest BCUT2D eigenvalue weighted by atomic mass is 10.2. The van der Waals surface area contributed by atoms with E-state index in [1.54, 1.807) is 0 Å². The Hall–Kier alpha value is -0.830. The Morgan fingerprint density at radius 1 is 1.00 bits per heavy atom. The highest BCUT2D eigenvalue weighted by molar-refractivity contribution is 14.0. The molecule has 2 saturated heterocycles. The summed E-state index contributed by atoms with van der Waals surface area (Å²) in [6.45, 7) is 9.12. The normalized spacial score (nSPS) is 20.0. The highest BCUT2D eigenvalue weighted by atomic mass is 127. The molecule has 0 aromatic heterocycles. The third kappa shape index (κ3) is 7.82. The summed E-state index contributed by atoms with van der Waals surface area (Å²) in [7, 11) is 1.84. The number of nitrogens with zero attached hydrogens (tertiary/aromatic N) is 4. The Balaban J connectivity index is 0.00000338. The van der Waals surface area contributed by atoms with Crippen molar-refractivity contribution in [2.45, 2.75) is 39.0 Å². The second-order valence-electron chi connectivity index (χ2n) is 6.89. The van der Waals surface area contributed by atoms with Crippen LogP contribution in [0.3, 0.4) is 0 Å². The average molecular weight is 477 g/mol. The van der Waals surface area contributed by atoms with Crippen molar-refractivity contribution in [3.63, 3.8) is 0 Å². The third-order valence-corrected chi connectivity index (χ3v) is 5.03. The van der Waals surface area contributed by atoms with E-state index in [1.165, 1.54) is 12.8 Å². The zero-order chi connectivity index (χ0) is 17.9. The molecule has 150 valence electrons. The van der Waals surface area contributed by atoms with Gasteiger partial charge in [0.1, 0.15) is 0 Å². The van der Waals surface area contributed by atoms with Crippen LogP contribution in [0.15, 0.2) is 17.1 Å². The quantitative estimate of drug-likeness (QED) is 0.217. The van der Waals surface area contributed by atoms with Gasteiger partial charge in [-0.1, -0.05) is 25.0 Å². The molecule has 0 bridgehead atoms. The molecular weight excluding hydrogens is 441 g/mol. The van der Waals surface area contributed by atoms with Crippen LogP contribution < -0.4 is 5.32 Å². The van der Waals surface area contributed by atoms with Crippen LogP contribution in [0, 0.1) is 0 Å². The summed E-state index contributed by atoms with van der Waals surface area (Å²) in [5.74, 6) is 1.28. The van der Waals surface area contributed by atoms with Crippen LogP contribution in [0.1, 0.15) is 39.0 Å². The standard InChI is InChI=1S/C19H35N5O.HI/c1-3-4-7-10-21-19(20-2)24-15-13-22(14-16-24)17-18(25)23-11-8-5-6-9-12-23;/h3-4H,5-17H2,1-2H3,(H,20,21);1H. The second-order valence-corrected chi connectivity index (χ2v) is 6.89. The van der Waals surface area contributed by atoms with Crippen molar-refractivity contribution in [2.24, 2.45) is 4.99 Å². The zero-order valence-electron chi connectivity index (χ0n) is 16.5. The van der Waals surface area contributed by atoms with Crippen molar-refractivity contribution in [2.75, 3.05) is 59.4 Å². The highest BCUT2D eigenvalue weighted by Crippen LogP contribution is 2.11. The van der Waals surface area contributed by atoms with Crippen LogP contribution in [0.5, 0.6) is 0 Å². The first kappa shape index (κ1) is 23.2. The minimum atomic E-state index is 0. The number of halogens is 1. The molecule has 2 fully saturated rings. The number of piperazine rings is 1. The van der Waals surface area contributed by atoms with Crippen LogP contribution in [0.2, 0.25) is 0 Å². The molecule has 0 aromatic rings. The summed E-state index contributed by atoms with van der Waals surface area (Å²) in [4.78, 5) is 23.6. The molecule has 0 aromatic carbocycles. The van der Waals surface area contributed by atoms with E-state index in [4.69, 9.17) is 0 Å². The maximum absolute atomic E-state index is 12.5. The third-order valence-electron chi connectivity index (χ3n) is 5.03. The lowest BCUT2D eigenvalue weighted by Crippen LogP contribution is -2.54. The maximum Gasteiger partial charge on any atom is 0.236 e. The fraction of sp³-hybridized carbons (Fsp3) is 0.789. The topological polar surface area (TPSA) is 51.2 Å². The molecule has 26 heavy (non-hydrogen) atoms. The van der Waals surface area contributed by atoms with E-state index in [0.29, 0.717) is 12.5 Å². The summed E-state index contributed by atoms with van der Waals surface area (Å²) in [5.41, 5.74) is 0. The SMILES string of the molecule is CC=CCCNC(=NC)N1CCN(CC(=O)N2CCCCCC2)CC1.I. The number of hydrogen-bond donors (Lipinski definition) is 1. The molecule has 0 radical (unpaired) electrons. The van der Waals surface area contributed by atoms with E-state index < -0.39 is 0 Å². The fourth-order valence-corrected chi connectivity index (χ4v) is 3.50. The zero-order valence-corrected chi connectivity index (χ0v) is 18.8. The molecular formula is C19H36IN5O. The number of carbonyl (C=O) groups excluding carboxylic acids is 1. The molecule has 2 aliphatic heterocycles. The lowest BCUT2D eigenvalue weighted by Gasteiger charge is -2.37. The van der Waals surface area contributed by atoms with Gasteiger partial charge in [-0.25, -0.2) is 0 Å². The summed E-state index contributed by atoms with van der Waals surface area (Å²) in [6.07, 6.45) is 10.1. The Bertz CT molecular complexity index is 453. The molecule has 7 heteroatoms. The molecule has 2 rings (SSSR count). The average Bonchev–Trinajstić information content (AvgIpc) is 2.92. The second kappa shape index (κ2) is 13.4. The molecule has 2 aliphatic rings. The molecule has 0 spiro atoms. The number of guanidine groups is 1. The van der Waals surface area contributed by atoms with Gasteiger partial charge in [0.15, 0.2) is 5.96 Å². The van der Waals surface area contributed by atoms with Gasteiger partial charge in [-0.05, 0) is 26.2 Å². The smallest absolute Gasteiger partial charge is 0.236 e. The van der Waals surface area contributed by atoms with Crippen molar-refractivity contribution >= 4 is 35.8 Å². The molecule has 0 saturated carbocycles. The minimum Gasteiger partial charge on any atom is -0.356 e. The molecule has 2 heterocycles. The van der Waals surface area contributed by atoms with Gasteiger partial charge in [0.25, 0.3) is 0 Å². The van der Waals surface area contributed by atoms with Gasteiger partial charge >= 0.3 is 0 Å². The van der Waals surface area contributed by atoms with Gasteiger partial charge in [0, 0.05) is 52.9 Å². The summed E-state index contributed by atoms with van der Waals surface area (Å²) in [5, 5.41) is 3.42. The minimum absolute atomic E-state index is 0. The summed E-state index contributed by atoms with van der Waals surface area (Å²) >= 11 is 0. The van der Waals surface area contributed by atoms with Crippen LogP contribution in [0.25, 0.3) is 0 Å². The monoisotopic (exact) mass is 477 g/mol. The van der Waals surface area contributed by atoms with Gasteiger partial charge in [-0.2, -0.15) is 0 Å². The molecule has 1 amide bonds. The first-order valence-corrected chi connectivity index (χ1v) is 9.81. The van der Waals surface area contributed by atoms with Crippen molar-refractivity contribution in [3.05, 3.63) is 12.2 Å². The van der Waals surface area contributed by atoms with Crippen LogP contribution in [-0.4, -0.2) is 86.0 Å².